The molecule has 0 aliphatic heterocycles. The molecule has 5 heteroatoms. The second-order valence-corrected chi connectivity index (χ2v) is 3.74. The number of para-hydroxylation sites is 1. The Morgan fingerprint density at radius 3 is 2.67 bits per heavy atom. The van der Waals surface area contributed by atoms with E-state index in [2.05, 4.69) is 4.98 Å². The van der Waals surface area contributed by atoms with Gasteiger partial charge in [0.15, 0.2) is 6.10 Å². The van der Waals surface area contributed by atoms with E-state index in [1.54, 1.807) is 24.3 Å². The molecule has 0 aliphatic rings. The summed E-state index contributed by atoms with van der Waals surface area (Å²) in [7, 11) is 0. The van der Waals surface area contributed by atoms with Gasteiger partial charge in [0.1, 0.15) is 0 Å². The summed E-state index contributed by atoms with van der Waals surface area (Å²) in [6, 6.07) is 6.86. The molecule has 1 heterocycles. The molecule has 2 rings (SSSR count). The minimum Gasteiger partial charge on any atom is -0.381 e. The second kappa shape index (κ2) is 3.47. The van der Waals surface area contributed by atoms with Crippen molar-refractivity contribution in [3.8, 4) is 0 Å². The van der Waals surface area contributed by atoms with Gasteiger partial charge in [-0.15, -0.1) is 0 Å². The van der Waals surface area contributed by atoms with E-state index in [0.29, 0.717) is 10.9 Å². The van der Waals surface area contributed by atoms with E-state index in [4.69, 9.17) is 11.6 Å². The monoisotopic (exact) mass is 231 g/mol. The van der Waals surface area contributed by atoms with Crippen molar-refractivity contribution in [1.29, 1.82) is 0 Å². The van der Waals surface area contributed by atoms with Crippen LogP contribution in [-0.2, 0) is 0 Å². The predicted octanol–water partition coefficient (Wildman–Crippen LogP) is 3.03. The van der Waals surface area contributed by atoms with E-state index in [-0.39, 0.29) is 5.56 Å². The highest BCUT2D eigenvalue weighted by molar-refractivity contribution is 6.22. The van der Waals surface area contributed by atoms with Gasteiger partial charge >= 0.3 is 5.38 Å². The second-order valence-electron chi connectivity index (χ2n) is 3.23. The molecule has 2 nitrogen and oxygen atoms in total. The van der Waals surface area contributed by atoms with Crippen LogP contribution >= 0.6 is 11.6 Å². The molecule has 0 amide bonds. The van der Waals surface area contributed by atoms with E-state index in [0.717, 1.165) is 0 Å². The average Bonchev–Trinajstić information content (AvgIpc) is 2.58. The first-order valence-electron chi connectivity index (χ1n) is 4.31. The van der Waals surface area contributed by atoms with Crippen molar-refractivity contribution in [1.82, 2.24) is 4.98 Å². The number of halogens is 3. The van der Waals surface area contributed by atoms with Crippen LogP contribution in [0.1, 0.15) is 11.7 Å². The third kappa shape index (κ3) is 1.82. The molecule has 0 aliphatic carbocycles. The van der Waals surface area contributed by atoms with Gasteiger partial charge in [0.25, 0.3) is 0 Å². The number of aromatic amines is 1. The molecule has 0 bridgehead atoms. The highest BCUT2D eigenvalue weighted by Gasteiger charge is 2.38. The Morgan fingerprint density at radius 2 is 2.00 bits per heavy atom. The van der Waals surface area contributed by atoms with E-state index in [9.17, 15) is 13.9 Å². The molecule has 0 radical (unpaired) electrons. The smallest absolute Gasteiger partial charge is 0.351 e. The minimum atomic E-state index is -3.66. The number of fused-ring (bicyclic) bond motifs is 1. The van der Waals surface area contributed by atoms with Crippen LogP contribution in [0.5, 0.6) is 0 Å². The van der Waals surface area contributed by atoms with Gasteiger partial charge in [0.2, 0.25) is 0 Å². The van der Waals surface area contributed by atoms with E-state index >= 15 is 0 Å². The van der Waals surface area contributed by atoms with Crippen molar-refractivity contribution in [3.05, 3.63) is 36.0 Å². The zero-order valence-electron chi connectivity index (χ0n) is 7.55. The maximum Gasteiger partial charge on any atom is 0.351 e. The lowest BCUT2D eigenvalue weighted by atomic mass is 10.1. The predicted molar refractivity (Wildman–Crippen MR) is 54.1 cm³/mol. The Balaban J connectivity index is 2.53. The van der Waals surface area contributed by atoms with Gasteiger partial charge < -0.3 is 10.1 Å². The maximum atomic E-state index is 12.7. The molecular formula is C10H8ClF2NO. The normalized spacial score (nSPS) is 14.4. The molecule has 0 saturated carbocycles. The molecule has 1 aromatic carbocycles. The van der Waals surface area contributed by atoms with Crippen molar-refractivity contribution in [3.63, 3.8) is 0 Å². The van der Waals surface area contributed by atoms with Gasteiger partial charge in [0, 0.05) is 22.7 Å². The summed E-state index contributed by atoms with van der Waals surface area (Å²) in [6.07, 6.45) is -0.665. The number of benzene rings is 1. The van der Waals surface area contributed by atoms with Crippen molar-refractivity contribution in [2.45, 2.75) is 11.5 Å². The highest BCUT2D eigenvalue weighted by Crippen LogP contribution is 2.37. The van der Waals surface area contributed by atoms with Crippen molar-refractivity contribution < 1.29 is 13.9 Å². The van der Waals surface area contributed by atoms with Crippen molar-refractivity contribution in [2.75, 3.05) is 0 Å². The third-order valence-corrected chi connectivity index (χ3v) is 2.43. The number of aromatic nitrogens is 1. The molecule has 0 fully saturated rings. The number of nitrogens with one attached hydrogen (secondary N) is 1. The Labute approximate surface area is 89.5 Å². The number of aliphatic hydroxyl groups is 1. The van der Waals surface area contributed by atoms with E-state index in [1.165, 1.54) is 6.20 Å². The number of rotatable bonds is 2. The fraction of sp³-hybridized carbons (Fsp3) is 0.200. The van der Waals surface area contributed by atoms with Gasteiger partial charge in [-0.1, -0.05) is 18.2 Å². The summed E-state index contributed by atoms with van der Waals surface area (Å²) in [5.41, 5.74) is 0.790. The third-order valence-electron chi connectivity index (χ3n) is 2.23. The topological polar surface area (TPSA) is 36.0 Å². The first kappa shape index (κ1) is 10.4. The number of aliphatic hydroxyl groups excluding tert-OH is 1. The Morgan fingerprint density at radius 1 is 1.33 bits per heavy atom. The summed E-state index contributed by atoms with van der Waals surface area (Å²) in [5, 5.41) is 6.23. The lowest BCUT2D eigenvalue weighted by Gasteiger charge is -2.14. The van der Waals surface area contributed by atoms with Gasteiger partial charge in [-0.3, -0.25) is 0 Å². The summed E-state index contributed by atoms with van der Waals surface area (Å²) in [6.45, 7) is 0. The minimum absolute atomic E-state index is 0.102. The molecule has 2 N–H and O–H groups in total. The zero-order valence-corrected chi connectivity index (χ0v) is 8.30. The summed E-state index contributed by atoms with van der Waals surface area (Å²) < 4.78 is 25.4. The molecule has 0 spiro atoms. The Kier molecular flexibility index (Phi) is 2.40. The molecule has 80 valence electrons. The van der Waals surface area contributed by atoms with Crippen molar-refractivity contribution in [2.24, 2.45) is 0 Å². The van der Waals surface area contributed by atoms with Gasteiger partial charge in [-0.2, -0.15) is 8.78 Å². The summed E-state index contributed by atoms with van der Waals surface area (Å²) >= 11 is 4.78. The van der Waals surface area contributed by atoms with Gasteiger partial charge in [-0.25, -0.2) is 0 Å². The van der Waals surface area contributed by atoms with Crippen molar-refractivity contribution >= 4 is 22.5 Å². The molecule has 1 aromatic heterocycles. The first-order valence-corrected chi connectivity index (χ1v) is 4.69. The van der Waals surface area contributed by atoms with E-state index in [1.807, 2.05) is 0 Å². The fourth-order valence-corrected chi connectivity index (χ4v) is 1.61. The largest absolute Gasteiger partial charge is 0.381 e. The summed E-state index contributed by atoms with van der Waals surface area (Å²) in [5.74, 6) is 0. The number of hydrogen-bond donors (Lipinski definition) is 2. The van der Waals surface area contributed by atoms with E-state index < -0.39 is 11.5 Å². The lowest BCUT2D eigenvalue weighted by Crippen LogP contribution is -2.18. The van der Waals surface area contributed by atoms with Crippen LogP contribution in [0, 0.1) is 0 Å². The highest BCUT2D eigenvalue weighted by atomic mass is 35.5. The van der Waals surface area contributed by atoms with Crippen LogP contribution in [0.2, 0.25) is 0 Å². The quantitative estimate of drug-likeness (QED) is 0.766. The molecule has 2 aromatic rings. The van der Waals surface area contributed by atoms with Crippen LogP contribution in [0.15, 0.2) is 30.5 Å². The fourth-order valence-electron chi connectivity index (χ4n) is 1.50. The number of H-pyrrole nitrogens is 1. The first-order chi connectivity index (χ1) is 7.00. The molecule has 1 atom stereocenters. The van der Waals surface area contributed by atoms with Crippen LogP contribution in [0.3, 0.4) is 0 Å². The standard InChI is InChI=1S/C10H8ClF2NO/c11-10(12,13)9(15)7-5-14-8-4-2-1-3-6(7)8/h1-5,9,14-15H. The van der Waals surface area contributed by atoms with Crippen LogP contribution in [0.25, 0.3) is 10.9 Å². The maximum absolute atomic E-state index is 12.7. The average molecular weight is 232 g/mol. The number of hydrogen-bond acceptors (Lipinski definition) is 1. The summed E-state index contributed by atoms with van der Waals surface area (Å²) in [4.78, 5) is 2.79. The number of alkyl halides is 3. The zero-order chi connectivity index (χ0) is 11.1. The molecule has 1 unspecified atom stereocenters. The van der Waals surface area contributed by atoms with Gasteiger partial charge in [-0.05, 0) is 17.7 Å². The van der Waals surface area contributed by atoms with Crippen LogP contribution in [-0.4, -0.2) is 15.5 Å². The van der Waals surface area contributed by atoms with Crippen LogP contribution in [0.4, 0.5) is 8.78 Å². The Bertz CT molecular complexity index is 477. The van der Waals surface area contributed by atoms with Crippen LogP contribution < -0.4 is 0 Å². The molecule has 15 heavy (non-hydrogen) atoms. The lowest BCUT2D eigenvalue weighted by molar-refractivity contribution is -0.0417. The SMILES string of the molecule is OC(c1c[nH]c2ccccc12)C(F)(F)Cl. The van der Waals surface area contributed by atoms with Gasteiger partial charge in [0.05, 0.1) is 0 Å². The Hall–Kier alpha value is -1.13. The molecular weight excluding hydrogens is 224 g/mol. The molecule has 0 saturated heterocycles.